The van der Waals surface area contributed by atoms with Crippen LogP contribution < -0.4 is 10.1 Å². The summed E-state index contributed by atoms with van der Waals surface area (Å²) in [7, 11) is 0. The van der Waals surface area contributed by atoms with Gasteiger partial charge in [-0.2, -0.15) is 0 Å². The average molecular weight is 330 g/mol. The van der Waals surface area contributed by atoms with E-state index in [1.165, 1.54) is 4.90 Å². The molecule has 0 aliphatic carbocycles. The van der Waals surface area contributed by atoms with Crippen molar-refractivity contribution in [3.8, 4) is 5.75 Å². The third-order valence-corrected chi connectivity index (χ3v) is 4.24. The summed E-state index contributed by atoms with van der Waals surface area (Å²) in [5, 5.41) is 2.71. The second-order valence-electron chi connectivity index (χ2n) is 5.92. The van der Waals surface area contributed by atoms with Crippen LogP contribution in [0, 0.1) is 6.92 Å². The van der Waals surface area contributed by atoms with Crippen LogP contribution in [-0.4, -0.2) is 52.0 Å². The summed E-state index contributed by atoms with van der Waals surface area (Å²) in [6.45, 7) is 7.65. The molecule has 1 fully saturated rings. The standard InChI is InChI=1S/C17H22N4O3/c1-4-21-12(3)19-14-6-5-13(9-15(14)21)24-11(2)17(23)20-8-7-18-16(22)10-20/h5-6,9,11H,4,7-8,10H2,1-3H3,(H,18,22). The van der Waals surface area contributed by atoms with E-state index in [1.54, 1.807) is 6.92 Å². The Balaban J connectivity index is 1.76. The lowest BCUT2D eigenvalue weighted by Crippen LogP contribution is -2.53. The van der Waals surface area contributed by atoms with Crippen LogP contribution in [-0.2, 0) is 16.1 Å². The third-order valence-electron chi connectivity index (χ3n) is 4.24. The minimum absolute atomic E-state index is 0.0906. The van der Waals surface area contributed by atoms with Crippen molar-refractivity contribution in [3.05, 3.63) is 24.0 Å². The lowest BCUT2D eigenvalue weighted by Gasteiger charge is -2.29. The van der Waals surface area contributed by atoms with Crippen LogP contribution in [0.1, 0.15) is 19.7 Å². The van der Waals surface area contributed by atoms with Crippen LogP contribution >= 0.6 is 0 Å². The van der Waals surface area contributed by atoms with Gasteiger partial charge in [0.2, 0.25) is 5.91 Å². The first-order chi connectivity index (χ1) is 11.5. The number of imidazole rings is 1. The molecule has 1 aromatic heterocycles. The molecule has 0 spiro atoms. The van der Waals surface area contributed by atoms with Crippen LogP contribution in [0.25, 0.3) is 11.0 Å². The maximum absolute atomic E-state index is 12.4. The first-order valence-corrected chi connectivity index (χ1v) is 8.18. The molecule has 2 heterocycles. The van der Waals surface area contributed by atoms with Crippen LogP contribution in [0.4, 0.5) is 0 Å². The van der Waals surface area contributed by atoms with E-state index in [-0.39, 0.29) is 18.4 Å². The highest BCUT2D eigenvalue weighted by Crippen LogP contribution is 2.23. The molecule has 3 rings (SSSR count). The number of aryl methyl sites for hydroxylation is 2. The van der Waals surface area contributed by atoms with Gasteiger partial charge in [0.05, 0.1) is 17.6 Å². The molecule has 128 valence electrons. The first-order valence-electron chi connectivity index (χ1n) is 8.18. The lowest BCUT2D eigenvalue weighted by atomic mass is 10.2. The Hall–Kier alpha value is -2.57. The van der Waals surface area contributed by atoms with E-state index in [1.807, 2.05) is 25.1 Å². The van der Waals surface area contributed by atoms with E-state index in [4.69, 9.17) is 4.74 Å². The fraction of sp³-hybridized carbons (Fsp3) is 0.471. The molecule has 24 heavy (non-hydrogen) atoms. The molecule has 1 N–H and O–H groups in total. The number of carbonyl (C=O) groups excluding carboxylic acids is 2. The molecule has 2 amide bonds. The Morgan fingerprint density at radius 3 is 2.96 bits per heavy atom. The molecule has 0 radical (unpaired) electrons. The molecule has 0 saturated carbocycles. The number of piperazine rings is 1. The van der Waals surface area contributed by atoms with Crippen LogP contribution in [0.15, 0.2) is 18.2 Å². The highest BCUT2D eigenvalue weighted by Gasteiger charge is 2.26. The van der Waals surface area contributed by atoms with E-state index in [0.29, 0.717) is 18.8 Å². The van der Waals surface area contributed by atoms with E-state index in [0.717, 1.165) is 23.4 Å². The SMILES string of the molecule is CCn1c(C)nc2ccc(OC(C)C(=O)N3CCNC(=O)C3)cc21. The maximum atomic E-state index is 12.4. The highest BCUT2D eigenvalue weighted by molar-refractivity contribution is 5.88. The van der Waals surface area contributed by atoms with Crippen molar-refractivity contribution in [2.24, 2.45) is 0 Å². The van der Waals surface area contributed by atoms with Crippen LogP contribution in [0.3, 0.4) is 0 Å². The van der Waals surface area contributed by atoms with Gasteiger partial charge in [0.1, 0.15) is 11.6 Å². The zero-order valence-electron chi connectivity index (χ0n) is 14.2. The van der Waals surface area contributed by atoms with Gasteiger partial charge in [-0.3, -0.25) is 9.59 Å². The number of aromatic nitrogens is 2. The molecular formula is C17H22N4O3. The molecule has 1 aliphatic heterocycles. The first kappa shape index (κ1) is 16.3. The second-order valence-corrected chi connectivity index (χ2v) is 5.92. The number of benzene rings is 1. The number of rotatable bonds is 4. The number of hydrogen-bond acceptors (Lipinski definition) is 4. The maximum Gasteiger partial charge on any atom is 0.263 e. The normalized spacial score (nSPS) is 16.1. The van der Waals surface area contributed by atoms with Gasteiger partial charge in [-0.1, -0.05) is 0 Å². The number of fused-ring (bicyclic) bond motifs is 1. The summed E-state index contributed by atoms with van der Waals surface area (Å²) in [6, 6.07) is 5.63. The van der Waals surface area contributed by atoms with Crippen molar-refractivity contribution < 1.29 is 14.3 Å². The second kappa shape index (κ2) is 6.51. The third kappa shape index (κ3) is 3.06. The zero-order valence-corrected chi connectivity index (χ0v) is 14.2. The largest absolute Gasteiger partial charge is 0.481 e. The van der Waals surface area contributed by atoms with Gasteiger partial charge in [-0.15, -0.1) is 0 Å². The summed E-state index contributed by atoms with van der Waals surface area (Å²) in [4.78, 5) is 29.9. The molecule has 2 aromatic rings. The summed E-state index contributed by atoms with van der Waals surface area (Å²) in [5.74, 6) is 1.27. The number of amides is 2. The summed E-state index contributed by atoms with van der Waals surface area (Å²) in [5.41, 5.74) is 1.90. The monoisotopic (exact) mass is 330 g/mol. The van der Waals surface area contributed by atoms with Gasteiger partial charge in [0.15, 0.2) is 6.10 Å². The van der Waals surface area contributed by atoms with Gasteiger partial charge < -0.3 is 19.5 Å². The van der Waals surface area contributed by atoms with Crippen molar-refractivity contribution >= 4 is 22.8 Å². The van der Waals surface area contributed by atoms with Gasteiger partial charge in [-0.25, -0.2) is 4.98 Å². The van der Waals surface area contributed by atoms with Gasteiger partial charge in [0.25, 0.3) is 5.91 Å². The van der Waals surface area contributed by atoms with Crippen molar-refractivity contribution in [2.45, 2.75) is 33.4 Å². The quantitative estimate of drug-likeness (QED) is 0.910. The summed E-state index contributed by atoms with van der Waals surface area (Å²) < 4.78 is 7.92. The van der Waals surface area contributed by atoms with Gasteiger partial charge >= 0.3 is 0 Å². The Kier molecular flexibility index (Phi) is 4.42. The Bertz CT molecular complexity index is 783. The predicted molar refractivity (Wildman–Crippen MR) is 89.8 cm³/mol. The molecule has 1 saturated heterocycles. The van der Waals surface area contributed by atoms with Crippen molar-refractivity contribution in [3.63, 3.8) is 0 Å². The van der Waals surface area contributed by atoms with E-state index in [2.05, 4.69) is 21.8 Å². The fourth-order valence-corrected chi connectivity index (χ4v) is 3.03. The molecule has 1 aromatic carbocycles. The molecule has 0 bridgehead atoms. The van der Waals surface area contributed by atoms with Gasteiger partial charge in [-0.05, 0) is 32.9 Å². The van der Waals surface area contributed by atoms with E-state index >= 15 is 0 Å². The predicted octanol–water partition coefficient (Wildman–Crippen LogP) is 1.09. The Morgan fingerprint density at radius 2 is 2.25 bits per heavy atom. The highest BCUT2D eigenvalue weighted by atomic mass is 16.5. The topological polar surface area (TPSA) is 76.5 Å². The number of carbonyl (C=O) groups is 2. The number of nitrogens with zero attached hydrogens (tertiary/aromatic N) is 3. The van der Waals surface area contributed by atoms with Crippen LogP contribution in [0.2, 0.25) is 0 Å². The van der Waals surface area contributed by atoms with E-state index in [9.17, 15) is 9.59 Å². The lowest BCUT2D eigenvalue weighted by molar-refractivity contribution is -0.143. The molecule has 7 heteroatoms. The van der Waals surface area contributed by atoms with Crippen molar-refractivity contribution in [1.29, 1.82) is 0 Å². The Labute approximate surface area is 140 Å². The van der Waals surface area contributed by atoms with Crippen LogP contribution in [0.5, 0.6) is 5.75 Å². The minimum atomic E-state index is -0.646. The molecule has 7 nitrogen and oxygen atoms in total. The number of ether oxygens (including phenoxy) is 1. The zero-order chi connectivity index (χ0) is 17.3. The smallest absolute Gasteiger partial charge is 0.263 e. The molecule has 1 aliphatic rings. The number of hydrogen-bond donors (Lipinski definition) is 1. The van der Waals surface area contributed by atoms with E-state index < -0.39 is 6.10 Å². The van der Waals surface area contributed by atoms with Crippen molar-refractivity contribution in [1.82, 2.24) is 19.8 Å². The molecular weight excluding hydrogens is 308 g/mol. The Morgan fingerprint density at radius 1 is 1.46 bits per heavy atom. The summed E-state index contributed by atoms with van der Waals surface area (Å²) >= 11 is 0. The van der Waals surface area contributed by atoms with Crippen molar-refractivity contribution in [2.75, 3.05) is 19.6 Å². The minimum Gasteiger partial charge on any atom is -0.481 e. The molecule has 1 unspecified atom stereocenters. The fourth-order valence-electron chi connectivity index (χ4n) is 3.03. The average Bonchev–Trinajstić information content (AvgIpc) is 2.88. The molecule has 1 atom stereocenters. The summed E-state index contributed by atoms with van der Waals surface area (Å²) in [6.07, 6.45) is -0.646. The van der Waals surface area contributed by atoms with Gasteiger partial charge in [0, 0.05) is 25.7 Å². The number of nitrogens with one attached hydrogen (secondary N) is 1.